The highest BCUT2D eigenvalue weighted by Gasteiger charge is 2.29. The van der Waals surface area contributed by atoms with E-state index >= 15 is 0 Å². The Morgan fingerprint density at radius 3 is 2.75 bits per heavy atom. The number of aromatic nitrogens is 2. The fraction of sp³-hybridized carbons (Fsp3) is 0.769. The van der Waals surface area contributed by atoms with Gasteiger partial charge in [0.15, 0.2) is 0 Å². The minimum atomic E-state index is 0.586. The van der Waals surface area contributed by atoms with E-state index in [9.17, 15) is 0 Å². The molecule has 2 fully saturated rings. The van der Waals surface area contributed by atoms with Crippen molar-refractivity contribution in [3.05, 3.63) is 12.4 Å². The van der Waals surface area contributed by atoms with E-state index in [2.05, 4.69) is 28.0 Å². The van der Waals surface area contributed by atoms with Gasteiger partial charge in [-0.3, -0.25) is 0 Å². The Morgan fingerprint density at radius 2 is 2.06 bits per heavy atom. The van der Waals surface area contributed by atoms with Gasteiger partial charge >= 0.3 is 0 Å². The zero-order valence-corrected chi connectivity index (χ0v) is 10.0. The van der Waals surface area contributed by atoms with Crippen molar-refractivity contribution in [3.63, 3.8) is 0 Å². The molecule has 2 saturated carbocycles. The molecule has 0 radical (unpaired) electrons. The van der Waals surface area contributed by atoms with Crippen molar-refractivity contribution in [2.75, 3.05) is 5.32 Å². The maximum Gasteiger partial charge on any atom is 0.203 e. The fourth-order valence-corrected chi connectivity index (χ4v) is 2.82. The number of nitrogens with zero attached hydrogens (tertiary/aromatic N) is 2. The van der Waals surface area contributed by atoms with Gasteiger partial charge in [0, 0.05) is 24.5 Å². The van der Waals surface area contributed by atoms with Crippen molar-refractivity contribution in [2.24, 2.45) is 5.92 Å². The molecule has 16 heavy (non-hydrogen) atoms. The maximum absolute atomic E-state index is 4.46. The van der Waals surface area contributed by atoms with E-state index in [1.807, 2.05) is 6.20 Å². The number of imidazole rings is 1. The summed E-state index contributed by atoms with van der Waals surface area (Å²) in [6.07, 6.45) is 12.2. The molecule has 1 heterocycles. The van der Waals surface area contributed by atoms with Gasteiger partial charge in [0.05, 0.1) is 0 Å². The molecule has 3 heteroatoms. The van der Waals surface area contributed by atoms with Gasteiger partial charge in [0.1, 0.15) is 0 Å². The van der Waals surface area contributed by atoms with Gasteiger partial charge < -0.3 is 9.88 Å². The summed E-state index contributed by atoms with van der Waals surface area (Å²) < 4.78 is 2.35. The lowest BCUT2D eigenvalue weighted by atomic mass is 10.2. The molecule has 2 aliphatic rings. The van der Waals surface area contributed by atoms with Crippen LogP contribution >= 0.6 is 0 Å². The van der Waals surface area contributed by atoms with E-state index in [4.69, 9.17) is 0 Å². The van der Waals surface area contributed by atoms with Crippen LogP contribution in [0.2, 0.25) is 0 Å². The van der Waals surface area contributed by atoms with E-state index in [0.29, 0.717) is 12.1 Å². The monoisotopic (exact) mass is 219 g/mol. The minimum absolute atomic E-state index is 0.586. The molecule has 1 atom stereocenters. The standard InChI is InChI=1S/C13H21N3/c1-10(11-6-7-11)15-13-14-8-9-16(13)12-4-2-3-5-12/h8-12H,2-7H2,1H3,(H,14,15). The zero-order valence-electron chi connectivity index (χ0n) is 10.0. The van der Waals surface area contributed by atoms with Crippen LogP contribution in [0.1, 0.15) is 51.5 Å². The van der Waals surface area contributed by atoms with E-state index in [1.54, 1.807) is 0 Å². The van der Waals surface area contributed by atoms with Gasteiger partial charge in [-0.2, -0.15) is 0 Å². The SMILES string of the molecule is CC(Nc1nccn1C1CCCC1)C1CC1. The van der Waals surface area contributed by atoms with Crippen LogP contribution < -0.4 is 5.32 Å². The van der Waals surface area contributed by atoms with Crippen LogP contribution in [0.25, 0.3) is 0 Å². The Kier molecular flexibility index (Phi) is 2.62. The Morgan fingerprint density at radius 1 is 1.31 bits per heavy atom. The molecule has 0 spiro atoms. The van der Waals surface area contributed by atoms with E-state index in [1.165, 1.54) is 38.5 Å². The van der Waals surface area contributed by atoms with Gasteiger partial charge in [0.25, 0.3) is 0 Å². The second kappa shape index (κ2) is 4.11. The van der Waals surface area contributed by atoms with Gasteiger partial charge in [0.2, 0.25) is 5.95 Å². The van der Waals surface area contributed by atoms with Crippen LogP contribution in [-0.4, -0.2) is 15.6 Å². The minimum Gasteiger partial charge on any atom is -0.353 e. The third-order valence-corrected chi connectivity index (χ3v) is 4.07. The van der Waals surface area contributed by atoms with Crippen molar-refractivity contribution in [2.45, 2.75) is 57.5 Å². The lowest BCUT2D eigenvalue weighted by Crippen LogP contribution is -2.21. The number of hydrogen-bond acceptors (Lipinski definition) is 2. The molecule has 1 unspecified atom stereocenters. The fourth-order valence-electron chi connectivity index (χ4n) is 2.82. The Hall–Kier alpha value is -0.990. The summed E-state index contributed by atoms with van der Waals surface area (Å²) in [6, 6.07) is 1.28. The summed E-state index contributed by atoms with van der Waals surface area (Å²) in [4.78, 5) is 4.46. The van der Waals surface area contributed by atoms with E-state index < -0.39 is 0 Å². The number of anilines is 1. The van der Waals surface area contributed by atoms with Crippen LogP contribution in [0.5, 0.6) is 0 Å². The molecule has 0 aliphatic heterocycles. The van der Waals surface area contributed by atoms with Crippen LogP contribution in [0.15, 0.2) is 12.4 Å². The highest BCUT2D eigenvalue weighted by molar-refractivity contribution is 5.29. The summed E-state index contributed by atoms with van der Waals surface area (Å²) in [5.74, 6) is 1.97. The van der Waals surface area contributed by atoms with Crippen LogP contribution in [0.3, 0.4) is 0 Å². The van der Waals surface area contributed by atoms with Crippen molar-refractivity contribution in [1.29, 1.82) is 0 Å². The first-order valence-electron chi connectivity index (χ1n) is 6.64. The highest BCUT2D eigenvalue weighted by atomic mass is 15.2. The van der Waals surface area contributed by atoms with Crippen molar-refractivity contribution in [1.82, 2.24) is 9.55 Å². The molecule has 0 bridgehead atoms. The smallest absolute Gasteiger partial charge is 0.203 e. The molecule has 1 N–H and O–H groups in total. The lowest BCUT2D eigenvalue weighted by molar-refractivity contribution is 0.518. The quantitative estimate of drug-likeness (QED) is 0.842. The molecule has 2 aliphatic carbocycles. The second-order valence-electron chi connectivity index (χ2n) is 5.37. The first-order valence-corrected chi connectivity index (χ1v) is 6.64. The molecule has 0 aromatic carbocycles. The van der Waals surface area contributed by atoms with E-state index in [-0.39, 0.29) is 0 Å². The number of hydrogen-bond donors (Lipinski definition) is 1. The molecule has 3 nitrogen and oxygen atoms in total. The lowest BCUT2D eigenvalue weighted by Gasteiger charge is -2.19. The number of nitrogens with one attached hydrogen (secondary N) is 1. The van der Waals surface area contributed by atoms with Crippen molar-refractivity contribution in [3.8, 4) is 0 Å². The number of rotatable bonds is 4. The molecular formula is C13H21N3. The molecular weight excluding hydrogens is 198 g/mol. The Labute approximate surface area is 97.3 Å². The summed E-state index contributed by atoms with van der Waals surface area (Å²) in [5, 5.41) is 3.58. The topological polar surface area (TPSA) is 29.9 Å². The molecule has 1 aromatic rings. The summed E-state index contributed by atoms with van der Waals surface area (Å²) >= 11 is 0. The van der Waals surface area contributed by atoms with Gasteiger partial charge in [-0.1, -0.05) is 12.8 Å². The first kappa shape index (κ1) is 10.2. The van der Waals surface area contributed by atoms with Crippen LogP contribution in [0, 0.1) is 5.92 Å². The van der Waals surface area contributed by atoms with Crippen molar-refractivity contribution >= 4 is 5.95 Å². The van der Waals surface area contributed by atoms with Gasteiger partial charge in [-0.05, 0) is 38.5 Å². The molecule has 0 saturated heterocycles. The maximum atomic E-state index is 4.46. The average molecular weight is 219 g/mol. The molecule has 3 rings (SSSR count). The Balaban J connectivity index is 1.70. The summed E-state index contributed by atoms with van der Waals surface area (Å²) in [7, 11) is 0. The van der Waals surface area contributed by atoms with Crippen LogP contribution in [-0.2, 0) is 0 Å². The van der Waals surface area contributed by atoms with Gasteiger partial charge in [-0.15, -0.1) is 0 Å². The van der Waals surface area contributed by atoms with E-state index in [0.717, 1.165) is 11.9 Å². The summed E-state index contributed by atoms with van der Waals surface area (Å²) in [5.41, 5.74) is 0. The van der Waals surface area contributed by atoms with Crippen LogP contribution in [0.4, 0.5) is 5.95 Å². The molecule has 88 valence electrons. The predicted octanol–water partition coefficient (Wildman–Crippen LogP) is 3.21. The van der Waals surface area contributed by atoms with Crippen molar-refractivity contribution < 1.29 is 0 Å². The average Bonchev–Trinajstić information content (AvgIpc) is 2.81. The predicted molar refractivity (Wildman–Crippen MR) is 65.5 cm³/mol. The second-order valence-corrected chi connectivity index (χ2v) is 5.37. The summed E-state index contributed by atoms with van der Waals surface area (Å²) in [6.45, 7) is 2.28. The Bertz CT molecular complexity index is 348. The highest BCUT2D eigenvalue weighted by Crippen LogP contribution is 2.35. The molecule has 0 amide bonds. The largest absolute Gasteiger partial charge is 0.353 e. The zero-order chi connectivity index (χ0) is 11.0. The normalized spacial score (nSPS) is 23.6. The molecule has 1 aromatic heterocycles. The third-order valence-electron chi connectivity index (χ3n) is 4.07. The van der Waals surface area contributed by atoms with Gasteiger partial charge in [-0.25, -0.2) is 4.98 Å². The first-order chi connectivity index (χ1) is 7.84. The third kappa shape index (κ3) is 1.95.